The average molecular weight is 535 g/mol. The number of aliphatic hydroxyl groups excluding tert-OH is 1. The van der Waals surface area contributed by atoms with Gasteiger partial charge in [0, 0.05) is 49.7 Å². The van der Waals surface area contributed by atoms with E-state index in [4.69, 9.17) is 31.5 Å². The Morgan fingerprint density at radius 1 is 1.03 bits per heavy atom. The molecule has 0 aliphatic carbocycles. The first-order valence-corrected chi connectivity index (χ1v) is 13.6. The average Bonchev–Trinajstić information content (AvgIpc) is 2.86. The SMILES string of the molecule is COCCCOc1cc(C[C@@H](C[C@H](N)[C@@H](O)CNCC(C)(C)c2ccc(Cl)cc2)C(C)C)ccc1OC. The number of aliphatic hydroxyl groups is 1. The van der Waals surface area contributed by atoms with Crippen LogP contribution < -0.4 is 20.5 Å². The molecule has 3 atom stereocenters. The van der Waals surface area contributed by atoms with Crippen molar-refractivity contribution in [3.8, 4) is 11.5 Å². The maximum Gasteiger partial charge on any atom is 0.161 e. The Kier molecular flexibility index (Phi) is 13.2. The van der Waals surface area contributed by atoms with Gasteiger partial charge in [-0.15, -0.1) is 0 Å². The molecule has 0 amide bonds. The third-order valence-corrected chi connectivity index (χ3v) is 7.29. The summed E-state index contributed by atoms with van der Waals surface area (Å²) in [5.74, 6) is 2.21. The molecule has 2 aromatic rings. The van der Waals surface area contributed by atoms with E-state index in [-0.39, 0.29) is 11.5 Å². The van der Waals surface area contributed by atoms with Crippen molar-refractivity contribution < 1.29 is 19.3 Å². The molecule has 0 aromatic heterocycles. The van der Waals surface area contributed by atoms with Gasteiger partial charge < -0.3 is 30.4 Å². The van der Waals surface area contributed by atoms with Gasteiger partial charge in [-0.2, -0.15) is 0 Å². The van der Waals surface area contributed by atoms with Crippen molar-refractivity contribution in [3.05, 3.63) is 58.6 Å². The minimum absolute atomic E-state index is 0.0907. The Bertz CT molecular complexity index is 920. The highest BCUT2D eigenvalue weighted by atomic mass is 35.5. The van der Waals surface area contributed by atoms with Gasteiger partial charge in [-0.05, 0) is 60.1 Å². The summed E-state index contributed by atoms with van der Waals surface area (Å²) in [6.07, 6.45) is 1.78. The van der Waals surface area contributed by atoms with Crippen LogP contribution in [-0.4, -0.2) is 57.8 Å². The van der Waals surface area contributed by atoms with Crippen molar-refractivity contribution in [2.45, 2.75) is 64.5 Å². The summed E-state index contributed by atoms with van der Waals surface area (Å²) in [6, 6.07) is 13.7. The number of methoxy groups -OCH3 is 2. The second kappa shape index (κ2) is 15.6. The Balaban J connectivity index is 1.92. The van der Waals surface area contributed by atoms with Crippen LogP contribution in [0, 0.1) is 11.8 Å². The lowest BCUT2D eigenvalue weighted by Crippen LogP contribution is -2.45. The molecule has 0 heterocycles. The predicted molar refractivity (Wildman–Crippen MR) is 153 cm³/mol. The first kappa shape index (κ1) is 31.4. The number of hydrogen-bond donors (Lipinski definition) is 3. The number of nitrogens with two attached hydrogens (primary N) is 1. The van der Waals surface area contributed by atoms with Crippen molar-refractivity contribution in [3.63, 3.8) is 0 Å². The monoisotopic (exact) mass is 534 g/mol. The minimum atomic E-state index is -0.627. The number of halogens is 1. The summed E-state index contributed by atoms with van der Waals surface area (Å²) < 4.78 is 16.5. The van der Waals surface area contributed by atoms with Crippen molar-refractivity contribution in [1.29, 1.82) is 0 Å². The number of rotatable bonds is 17. The molecule has 0 aliphatic rings. The zero-order chi connectivity index (χ0) is 27.4. The largest absolute Gasteiger partial charge is 0.493 e. The quantitative estimate of drug-likeness (QED) is 0.241. The van der Waals surface area contributed by atoms with Gasteiger partial charge in [0.25, 0.3) is 0 Å². The molecule has 2 aromatic carbocycles. The van der Waals surface area contributed by atoms with Gasteiger partial charge >= 0.3 is 0 Å². The van der Waals surface area contributed by atoms with E-state index in [1.54, 1.807) is 14.2 Å². The number of nitrogens with one attached hydrogen (secondary N) is 1. The second-order valence-corrected chi connectivity index (χ2v) is 11.3. The van der Waals surface area contributed by atoms with Crippen LogP contribution in [0.2, 0.25) is 5.02 Å². The minimum Gasteiger partial charge on any atom is -0.493 e. The Morgan fingerprint density at radius 3 is 2.35 bits per heavy atom. The van der Waals surface area contributed by atoms with Gasteiger partial charge in [0.05, 0.1) is 19.8 Å². The summed E-state index contributed by atoms with van der Waals surface area (Å²) >= 11 is 6.03. The van der Waals surface area contributed by atoms with Crippen LogP contribution in [0.15, 0.2) is 42.5 Å². The molecule has 37 heavy (non-hydrogen) atoms. The van der Waals surface area contributed by atoms with E-state index in [9.17, 15) is 5.11 Å². The normalized spacial score (nSPS) is 14.4. The standard InChI is InChI=1S/C30H47ClN2O4/c1-21(2)23(16-22-8-13-28(36-6)29(17-22)37-15-7-14-35-5)18-26(32)27(34)19-33-20-30(3,4)24-9-11-25(31)12-10-24/h8-13,17,21,23,26-27,33-34H,7,14-16,18-20,32H2,1-6H3/t23-,26-,27-/m0/s1. The van der Waals surface area contributed by atoms with E-state index in [2.05, 4.69) is 57.3 Å². The van der Waals surface area contributed by atoms with Gasteiger partial charge in [0.15, 0.2) is 11.5 Å². The number of benzene rings is 2. The van der Waals surface area contributed by atoms with Crippen LogP contribution in [0.1, 0.15) is 51.7 Å². The number of ether oxygens (including phenoxy) is 3. The fraction of sp³-hybridized carbons (Fsp3) is 0.600. The molecule has 0 radical (unpaired) electrons. The molecule has 0 spiro atoms. The summed E-state index contributed by atoms with van der Waals surface area (Å²) in [4.78, 5) is 0. The van der Waals surface area contributed by atoms with Crippen molar-refractivity contribution in [2.24, 2.45) is 17.6 Å². The van der Waals surface area contributed by atoms with E-state index >= 15 is 0 Å². The van der Waals surface area contributed by atoms with E-state index in [1.165, 1.54) is 11.1 Å². The molecule has 4 N–H and O–H groups in total. The lowest BCUT2D eigenvalue weighted by atomic mass is 9.83. The molecule has 2 rings (SSSR count). The zero-order valence-corrected chi connectivity index (χ0v) is 24.2. The van der Waals surface area contributed by atoms with Crippen LogP contribution >= 0.6 is 11.6 Å². The van der Waals surface area contributed by atoms with E-state index in [1.807, 2.05) is 18.2 Å². The highest BCUT2D eigenvalue weighted by Gasteiger charge is 2.25. The molecule has 208 valence electrons. The molecule has 0 fully saturated rings. The van der Waals surface area contributed by atoms with Crippen LogP contribution in [0.5, 0.6) is 11.5 Å². The third kappa shape index (κ3) is 10.5. The molecule has 7 heteroatoms. The summed E-state index contributed by atoms with van der Waals surface area (Å²) in [7, 11) is 3.34. The van der Waals surface area contributed by atoms with Crippen LogP contribution in [0.3, 0.4) is 0 Å². The second-order valence-electron chi connectivity index (χ2n) is 10.9. The molecule has 6 nitrogen and oxygen atoms in total. The Morgan fingerprint density at radius 2 is 1.73 bits per heavy atom. The molecule has 0 aliphatic heterocycles. The fourth-order valence-electron chi connectivity index (χ4n) is 4.43. The molecular formula is C30H47ClN2O4. The predicted octanol–water partition coefficient (Wildman–Crippen LogP) is 5.22. The first-order chi connectivity index (χ1) is 17.6. The van der Waals surface area contributed by atoms with Gasteiger partial charge in [-0.3, -0.25) is 0 Å². The fourth-order valence-corrected chi connectivity index (χ4v) is 4.56. The number of hydrogen-bond acceptors (Lipinski definition) is 6. The van der Waals surface area contributed by atoms with Gasteiger partial charge in [0.1, 0.15) is 0 Å². The third-order valence-electron chi connectivity index (χ3n) is 7.03. The molecule has 0 bridgehead atoms. The van der Waals surface area contributed by atoms with Crippen molar-refractivity contribution >= 4 is 11.6 Å². The summed E-state index contributed by atoms with van der Waals surface area (Å²) in [5, 5.41) is 15.0. The molecular weight excluding hydrogens is 488 g/mol. The van der Waals surface area contributed by atoms with Crippen molar-refractivity contribution in [1.82, 2.24) is 5.32 Å². The summed E-state index contributed by atoms with van der Waals surface area (Å²) in [6.45, 7) is 11.2. The first-order valence-electron chi connectivity index (χ1n) is 13.3. The maximum atomic E-state index is 10.8. The maximum absolute atomic E-state index is 10.8. The lowest BCUT2D eigenvalue weighted by molar-refractivity contribution is 0.123. The van der Waals surface area contributed by atoms with E-state index < -0.39 is 6.10 Å². The smallest absolute Gasteiger partial charge is 0.161 e. The van der Waals surface area contributed by atoms with E-state index in [0.29, 0.717) is 31.6 Å². The summed E-state index contributed by atoms with van der Waals surface area (Å²) in [5.41, 5.74) is 8.78. The molecule has 0 saturated heterocycles. The highest BCUT2D eigenvalue weighted by molar-refractivity contribution is 6.30. The van der Waals surface area contributed by atoms with Crippen LogP contribution in [0.25, 0.3) is 0 Å². The Labute approximate surface area is 228 Å². The van der Waals surface area contributed by atoms with Crippen LogP contribution in [-0.2, 0) is 16.6 Å². The van der Waals surface area contributed by atoms with Crippen LogP contribution in [0.4, 0.5) is 0 Å². The lowest BCUT2D eigenvalue weighted by Gasteiger charge is -2.29. The Hall–Kier alpha value is -1.83. The van der Waals surface area contributed by atoms with Gasteiger partial charge in [-0.1, -0.05) is 57.5 Å². The van der Waals surface area contributed by atoms with Gasteiger partial charge in [0.2, 0.25) is 0 Å². The van der Waals surface area contributed by atoms with E-state index in [0.717, 1.165) is 42.3 Å². The molecule has 0 unspecified atom stereocenters. The van der Waals surface area contributed by atoms with Crippen molar-refractivity contribution in [2.75, 3.05) is 40.5 Å². The topological polar surface area (TPSA) is 86.0 Å². The highest BCUT2D eigenvalue weighted by Crippen LogP contribution is 2.31. The van der Waals surface area contributed by atoms with Gasteiger partial charge in [-0.25, -0.2) is 0 Å². The molecule has 0 saturated carbocycles. The zero-order valence-electron chi connectivity index (χ0n) is 23.4.